The average molecular weight is 478 g/mol. The molecule has 3 rings (SSSR count). The van der Waals surface area contributed by atoms with E-state index in [9.17, 15) is 9.59 Å². The molecule has 0 heterocycles. The van der Waals surface area contributed by atoms with E-state index in [4.69, 9.17) is 12.2 Å². The molecule has 3 N–H and O–H groups in total. The van der Waals surface area contributed by atoms with Crippen molar-refractivity contribution in [1.29, 1.82) is 0 Å². The monoisotopic (exact) mass is 477 g/mol. The number of Topliss-reactive ketones (excluding diaryl/α,β-unsaturated/α-hetero) is 1. The fourth-order valence-corrected chi connectivity index (χ4v) is 4.26. The minimum absolute atomic E-state index is 0.0231. The van der Waals surface area contributed by atoms with Gasteiger partial charge in [-0.2, -0.15) is 0 Å². The predicted molar refractivity (Wildman–Crippen MR) is 143 cm³/mol. The zero-order chi connectivity index (χ0) is 23.8. The average Bonchev–Trinajstić information content (AvgIpc) is 2.79. The zero-order valence-electron chi connectivity index (χ0n) is 18.9. The smallest absolute Gasteiger partial charge is 0.234 e. The SMILES string of the molecule is CCc1cccc(C)c1NC(=O)CSc1cccc(NC(=S)Nc2ccc(C(C)=O)cc2)c1. The van der Waals surface area contributed by atoms with Gasteiger partial charge in [0.05, 0.1) is 5.75 Å². The highest BCUT2D eigenvalue weighted by atomic mass is 32.2. The quantitative estimate of drug-likeness (QED) is 0.201. The molecule has 33 heavy (non-hydrogen) atoms. The summed E-state index contributed by atoms with van der Waals surface area (Å²) >= 11 is 6.87. The van der Waals surface area contributed by atoms with Gasteiger partial charge in [0.2, 0.25) is 5.91 Å². The molecule has 0 fully saturated rings. The van der Waals surface area contributed by atoms with Crippen LogP contribution in [0.3, 0.4) is 0 Å². The molecule has 0 bridgehead atoms. The summed E-state index contributed by atoms with van der Waals surface area (Å²) in [6, 6.07) is 21.0. The number of rotatable bonds is 8. The standard InChI is InChI=1S/C26H27N3O2S2/c1-4-19-8-5-7-17(2)25(19)29-24(31)16-33-23-10-6-9-22(15-23)28-26(32)27-21-13-11-20(12-14-21)18(3)30/h5-15H,4,16H2,1-3H3,(H,29,31)(H2,27,28,32). The Labute approximate surface area is 204 Å². The van der Waals surface area contributed by atoms with Crippen molar-refractivity contribution >= 4 is 57.8 Å². The van der Waals surface area contributed by atoms with Crippen molar-refractivity contribution < 1.29 is 9.59 Å². The first kappa shape index (κ1) is 24.5. The van der Waals surface area contributed by atoms with Crippen LogP contribution in [0.1, 0.15) is 35.3 Å². The molecule has 0 aromatic heterocycles. The number of carbonyl (C=O) groups is 2. The Hall–Kier alpha value is -3.16. The first-order valence-corrected chi connectivity index (χ1v) is 12.0. The lowest BCUT2D eigenvalue weighted by molar-refractivity contribution is -0.113. The topological polar surface area (TPSA) is 70.2 Å². The van der Waals surface area contributed by atoms with Crippen LogP contribution in [0.15, 0.2) is 71.6 Å². The fraction of sp³-hybridized carbons (Fsp3) is 0.192. The van der Waals surface area contributed by atoms with Crippen LogP contribution in [-0.4, -0.2) is 22.6 Å². The van der Waals surface area contributed by atoms with Gasteiger partial charge < -0.3 is 16.0 Å². The van der Waals surface area contributed by atoms with Crippen molar-refractivity contribution in [2.45, 2.75) is 32.1 Å². The second kappa shape index (κ2) is 11.6. The lowest BCUT2D eigenvalue weighted by atomic mass is 10.1. The summed E-state index contributed by atoms with van der Waals surface area (Å²) < 4.78 is 0. The molecule has 170 valence electrons. The highest BCUT2D eigenvalue weighted by Gasteiger charge is 2.10. The van der Waals surface area contributed by atoms with Crippen LogP contribution in [0.4, 0.5) is 17.1 Å². The Bertz CT molecular complexity index is 1160. The molecular weight excluding hydrogens is 450 g/mol. The van der Waals surface area contributed by atoms with Gasteiger partial charge in [0.15, 0.2) is 10.9 Å². The number of thioether (sulfide) groups is 1. The van der Waals surface area contributed by atoms with E-state index in [2.05, 4.69) is 22.9 Å². The van der Waals surface area contributed by atoms with Crippen molar-refractivity contribution in [3.05, 3.63) is 83.4 Å². The van der Waals surface area contributed by atoms with Crippen molar-refractivity contribution in [2.24, 2.45) is 0 Å². The fourth-order valence-electron chi connectivity index (χ4n) is 3.27. The Morgan fingerprint density at radius 2 is 1.61 bits per heavy atom. The van der Waals surface area contributed by atoms with Gasteiger partial charge in [-0.05, 0) is 86.1 Å². The molecule has 3 aromatic rings. The molecule has 0 aliphatic rings. The van der Waals surface area contributed by atoms with Crippen molar-refractivity contribution in [1.82, 2.24) is 0 Å². The third kappa shape index (κ3) is 7.17. The van der Waals surface area contributed by atoms with E-state index < -0.39 is 0 Å². The van der Waals surface area contributed by atoms with Gasteiger partial charge in [0.1, 0.15) is 0 Å². The minimum atomic E-state index is -0.0337. The van der Waals surface area contributed by atoms with Crippen LogP contribution in [0.5, 0.6) is 0 Å². The number of ketones is 1. The van der Waals surface area contributed by atoms with Gasteiger partial charge >= 0.3 is 0 Å². The van der Waals surface area contributed by atoms with Crippen molar-refractivity contribution in [3.8, 4) is 0 Å². The lowest BCUT2D eigenvalue weighted by Crippen LogP contribution is -2.19. The minimum Gasteiger partial charge on any atom is -0.332 e. The van der Waals surface area contributed by atoms with Crippen molar-refractivity contribution in [3.63, 3.8) is 0 Å². The van der Waals surface area contributed by atoms with Crippen LogP contribution in [0.2, 0.25) is 0 Å². The molecule has 5 nitrogen and oxygen atoms in total. The van der Waals surface area contributed by atoms with Crippen LogP contribution < -0.4 is 16.0 Å². The summed E-state index contributed by atoms with van der Waals surface area (Å²) in [6.07, 6.45) is 0.868. The molecule has 3 aromatic carbocycles. The van der Waals surface area contributed by atoms with E-state index in [0.717, 1.165) is 39.5 Å². The molecule has 0 atom stereocenters. The number of anilines is 3. The molecule has 0 unspecified atom stereocenters. The first-order valence-electron chi connectivity index (χ1n) is 10.7. The summed E-state index contributed by atoms with van der Waals surface area (Å²) in [6.45, 7) is 5.62. The van der Waals surface area contributed by atoms with Gasteiger partial charge in [-0.1, -0.05) is 31.2 Å². The third-order valence-corrected chi connectivity index (χ3v) is 6.21. The summed E-state index contributed by atoms with van der Waals surface area (Å²) in [4.78, 5) is 24.9. The van der Waals surface area contributed by atoms with E-state index in [-0.39, 0.29) is 11.7 Å². The first-order chi connectivity index (χ1) is 15.9. The maximum atomic E-state index is 12.5. The normalized spacial score (nSPS) is 10.4. The van der Waals surface area contributed by atoms with E-state index in [1.54, 1.807) is 12.1 Å². The summed E-state index contributed by atoms with van der Waals surface area (Å²) in [7, 11) is 0. The summed E-state index contributed by atoms with van der Waals surface area (Å²) in [5.41, 5.74) is 5.38. The molecule has 7 heteroatoms. The number of nitrogens with one attached hydrogen (secondary N) is 3. The second-order valence-electron chi connectivity index (χ2n) is 7.54. The number of hydrogen-bond donors (Lipinski definition) is 3. The number of hydrogen-bond acceptors (Lipinski definition) is 4. The zero-order valence-corrected chi connectivity index (χ0v) is 20.5. The maximum absolute atomic E-state index is 12.5. The Kier molecular flexibility index (Phi) is 8.63. The second-order valence-corrected chi connectivity index (χ2v) is 9.00. The molecule has 0 saturated carbocycles. The summed E-state index contributed by atoms with van der Waals surface area (Å²) in [5, 5.41) is 9.76. The molecule has 0 aliphatic carbocycles. The third-order valence-electron chi connectivity index (χ3n) is 5.02. The Morgan fingerprint density at radius 1 is 0.909 bits per heavy atom. The van der Waals surface area contributed by atoms with Gasteiger partial charge in [0.25, 0.3) is 0 Å². The summed E-state index contributed by atoms with van der Waals surface area (Å²) in [5.74, 6) is 0.301. The molecule has 0 saturated heterocycles. The van der Waals surface area contributed by atoms with Crippen molar-refractivity contribution in [2.75, 3.05) is 21.7 Å². The van der Waals surface area contributed by atoms with E-state index in [1.165, 1.54) is 18.7 Å². The number of thiocarbonyl (C=S) groups is 1. The number of para-hydroxylation sites is 1. The van der Waals surface area contributed by atoms with Gasteiger partial charge in [-0.25, -0.2) is 0 Å². The number of amides is 1. The lowest BCUT2D eigenvalue weighted by Gasteiger charge is -2.13. The Morgan fingerprint density at radius 3 is 2.30 bits per heavy atom. The Balaban J connectivity index is 1.54. The van der Waals surface area contributed by atoms with Crippen LogP contribution >= 0.6 is 24.0 Å². The molecule has 0 radical (unpaired) electrons. The van der Waals surface area contributed by atoms with Crippen LogP contribution in [0, 0.1) is 6.92 Å². The predicted octanol–water partition coefficient (Wildman–Crippen LogP) is 6.30. The molecular formula is C26H27N3O2S2. The van der Waals surface area contributed by atoms with E-state index in [1.807, 2.05) is 61.5 Å². The van der Waals surface area contributed by atoms with Gasteiger partial charge in [-0.3, -0.25) is 9.59 Å². The molecule has 0 spiro atoms. The van der Waals surface area contributed by atoms with Gasteiger partial charge in [-0.15, -0.1) is 11.8 Å². The highest BCUT2D eigenvalue weighted by molar-refractivity contribution is 8.00. The number of benzene rings is 3. The van der Waals surface area contributed by atoms with Crippen LogP contribution in [-0.2, 0) is 11.2 Å². The highest BCUT2D eigenvalue weighted by Crippen LogP contribution is 2.24. The number of aryl methyl sites for hydroxylation is 2. The van der Waals surface area contributed by atoms with E-state index in [0.29, 0.717) is 16.4 Å². The largest absolute Gasteiger partial charge is 0.332 e. The number of carbonyl (C=O) groups excluding carboxylic acids is 2. The molecule has 0 aliphatic heterocycles. The van der Waals surface area contributed by atoms with E-state index >= 15 is 0 Å². The van der Waals surface area contributed by atoms with Crippen LogP contribution in [0.25, 0.3) is 0 Å². The van der Waals surface area contributed by atoms with Gasteiger partial charge in [0, 0.05) is 27.5 Å². The molecule has 1 amide bonds. The maximum Gasteiger partial charge on any atom is 0.234 e.